The zero-order chi connectivity index (χ0) is 26.9. The zero-order valence-electron chi connectivity index (χ0n) is 20.2. The van der Waals surface area contributed by atoms with Crippen molar-refractivity contribution in [2.45, 2.75) is 61.8 Å². The summed E-state index contributed by atoms with van der Waals surface area (Å²) in [5.74, 6) is -0.895. The predicted octanol–water partition coefficient (Wildman–Crippen LogP) is -2.87. The molecule has 3 aliphatic heterocycles. The van der Waals surface area contributed by atoms with Crippen LogP contribution in [0.4, 0.5) is 4.79 Å². The number of esters is 3. The van der Waals surface area contributed by atoms with E-state index in [1.807, 2.05) is 4.98 Å². The summed E-state index contributed by atoms with van der Waals surface area (Å²) in [6.45, 7) is 1.28. The number of aliphatic hydroxyl groups excluding tert-OH is 1. The summed E-state index contributed by atoms with van der Waals surface area (Å²) in [6, 6.07) is -0.683. The molecule has 3 saturated heterocycles. The molecule has 6 N–H and O–H groups in total. The van der Waals surface area contributed by atoms with Gasteiger partial charge in [-0.3, -0.25) is 14.6 Å². The molecule has 1 aromatic heterocycles. The fraction of sp³-hybridized carbons (Fsp3) is 0.520. The number of aliphatic hydroxyl groups is 1. The van der Waals surface area contributed by atoms with E-state index in [-0.39, 0.29) is 83.8 Å². The first-order valence-electron chi connectivity index (χ1n) is 10.7. The first kappa shape index (κ1) is 47.4. The summed E-state index contributed by atoms with van der Waals surface area (Å²) in [7, 11) is 0. The molecular formula is C25H43N4NaO11. The molecule has 0 saturated carbocycles. The molecule has 4 heterocycles. The molecule has 16 heteroatoms. The van der Waals surface area contributed by atoms with E-state index < -0.39 is 29.2 Å². The van der Waals surface area contributed by atoms with Crippen LogP contribution in [0.1, 0.15) is 61.0 Å². The van der Waals surface area contributed by atoms with Gasteiger partial charge in [0.25, 0.3) is 5.56 Å². The molecule has 3 aliphatic rings. The third kappa shape index (κ3) is 20.2. The molecule has 41 heavy (non-hydrogen) atoms. The molecule has 4 rings (SSSR count). The first-order chi connectivity index (χ1) is 17.2. The summed E-state index contributed by atoms with van der Waals surface area (Å²) in [5.41, 5.74) is 4.88. The minimum absolute atomic E-state index is 0. The van der Waals surface area contributed by atoms with Crippen LogP contribution in [0.2, 0.25) is 0 Å². The predicted molar refractivity (Wildman–Crippen MR) is 146 cm³/mol. The van der Waals surface area contributed by atoms with Gasteiger partial charge in [-0.1, -0.05) is 29.7 Å². The maximum absolute atomic E-state index is 10.8. The van der Waals surface area contributed by atoms with Gasteiger partial charge in [0.15, 0.2) is 0 Å². The molecule has 230 valence electrons. The number of primary amides is 1. The Morgan fingerprint density at radius 3 is 1.83 bits per heavy atom. The van der Waals surface area contributed by atoms with E-state index in [0.29, 0.717) is 56.5 Å². The van der Waals surface area contributed by atoms with Gasteiger partial charge >= 0.3 is 59.2 Å². The standard InChI is InChI=1S/2C6H8N2O3.C5H6O3.C4H6O2.4CH4.Na/c7-6(10)8-3-4-1-2-11-5(4)9;9-2-1-4-3-7-6(11)8-5(4)10;6-3-4-1-2-8-5(4)7;5-4-2-1-3-6-4;;;;;/h3H,1-2H2,(H3,7,8,10);3,9H,1-2H2,(H2,7,8,10,11);3,6H,1-2H2;1-3H2;4*1H4;/q;;;;;;;;+1/p-1/b4-3-;;4-3-;;;;;;. The monoisotopic (exact) mass is 598 g/mol. The van der Waals surface area contributed by atoms with Crippen LogP contribution in [0.25, 0.3) is 0 Å². The Morgan fingerprint density at radius 1 is 0.951 bits per heavy atom. The average Bonchev–Trinajstić information content (AvgIpc) is 3.58. The Hall–Kier alpha value is -3.40. The third-order valence-corrected chi connectivity index (χ3v) is 4.33. The van der Waals surface area contributed by atoms with Crippen molar-refractivity contribution in [3.63, 3.8) is 0 Å². The van der Waals surface area contributed by atoms with Crippen LogP contribution in [0.3, 0.4) is 0 Å². The van der Waals surface area contributed by atoms with E-state index >= 15 is 0 Å². The summed E-state index contributed by atoms with van der Waals surface area (Å²) < 4.78 is 13.6. The van der Waals surface area contributed by atoms with Crippen LogP contribution in [0.5, 0.6) is 0 Å². The smallest absolute Gasteiger partial charge is 0.878 e. The van der Waals surface area contributed by atoms with Crippen molar-refractivity contribution in [3.8, 4) is 0 Å². The number of H-pyrrole nitrogens is 2. The Kier molecular flexibility index (Phi) is 31.0. The number of nitrogens with one attached hydrogen (secondary N) is 3. The van der Waals surface area contributed by atoms with Gasteiger partial charge in [0.1, 0.15) is 0 Å². The molecule has 3 fully saturated rings. The van der Waals surface area contributed by atoms with Crippen molar-refractivity contribution in [2.24, 2.45) is 5.73 Å². The summed E-state index contributed by atoms with van der Waals surface area (Å²) in [4.78, 5) is 66.9. The molecule has 2 amide bonds. The Balaban J connectivity index is -0.000000138. The van der Waals surface area contributed by atoms with Gasteiger partial charge in [-0.25, -0.2) is 19.2 Å². The molecule has 0 atom stereocenters. The maximum Gasteiger partial charge on any atom is 1.00 e. The van der Waals surface area contributed by atoms with E-state index in [2.05, 4.69) is 24.5 Å². The van der Waals surface area contributed by atoms with Crippen LogP contribution in [0, 0.1) is 0 Å². The number of aromatic nitrogens is 2. The van der Waals surface area contributed by atoms with Gasteiger partial charge in [0, 0.05) is 55.8 Å². The van der Waals surface area contributed by atoms with E-state index in [1.54, 1.807) is 0 Å². The molecule has 15 nitrogen and oxygen atoms in total. The van der Waals surface area contributed by atoms with Crippen molar-refractivity contribution in [2.75, 3.05) is 26.4 Å². The van der Waals surface area contributed by atoms with Crippen molar-refractivity contribution in [3.05, 3.63) is 56.2 Å². The number of carbonyl (C=O) groups excluding carboxylic acids is 4. The molecular weight excluding hydrogens is 555 g/mol. The number of carbonyl (C=O) groups is 4. The Bertz CT molecular complexity index is 1090. The van der Waals surface area contributed by atoms with Crippen LogP contribution < -0.4 is 57.0 Å². The number of hydrogen-bond donors (Lipinski definition) is 5. The minimum atomic E-state index is -0.683. The van der Waals surface area contributed by atoms with Crippen LogP contribution in [0.15, 0.2) is 39.4 Å². The van der Waals surface area contributed by atoms with E-state index in [1.165, 1.54) is 12.4 Å². The average molecular weight is 599 g/mol. The largest absolute Gasteiger partial charge is 1.00 e. The van der Waals surface area contributed by atoms with Crippen molar-refractivity contribution < 1.29 is 73.2 Å². The molecule has 0 aliphatic carbocycles. The molecule has 1 aromatic rings. The van der Waals surface area contributed by atoms with Gasteiger partial charge in [0.05, 0.1) is 25.4 Å². The fourth-order valence-corrected chi connectivity index (χ4v) is 2.51. The number of aromatic amines is 2. The van der Waals surface area contributed by atoms with Crippen molar-refractivity contribution in [1.82, 2.24) is 15.3 Å². The number of ether oxygens (including phenoxy) is 3. The van der Waals surface area contributed by atoms with E-state index in [4.69, 9.17) is 10.8 Å². The topological polar surface area (TPSA) is 243 Å². The van der Waals surface area contributed by atoms with Crippen LogP contribution in [-0.4, -0.2) is 65.4 Å². The number of amides is 2. The van der Waals surface area contributed by atoms with Gasteiger partial charge in [-0.05, 0) is 6.42 Å². The van der Waals surface area contributed by atoms with Crippen LogP contribution in [-0.2, 0) is 35.0 Å². The molecule has 0 spiro atoms. The van der Waals surface area contributed by atoms with Gasteiger partial charge in [-0.15, -0.1) is 6.26 Å². The van der Waals surface area contributed by atoms with Crippen LogP contribution >= 0.6 is 0 Å². The maximum atomic E-state index is 10.8. The van der Waals surface area contributed by atoms with Crippen molar-refractivity contribution >= 4 is 23.9 Å². The number of rotatable bonds is 3. The van der Waals surface area contributed by atoms with E-state index in [9.17, 15) is 33.9 Å². The van der Waals surface area contributed by atoms with E-state index in [0.717, 1.165) is 6.42 Å². The SMILES string of the molecule is C.C.C.C.NC(=O)N/C=C1/CCOC1=O.O=C1CCCO1.O=C1OCC/C1=C/[O-].O=c1[nH]cc(CCO)c(=O)[nH]1.[Na+]. The normalized spacial score (nSPS) is 15.8. The van der Waals surface area contributed by atoms with Gasteiger partial charge in [0.2, 0.25) is 0 Å². The third-order valence-electron chi connectivity index (χ3n) is 4.33. The molecule has 0 bridgehead atoms. The Labute approximate surface area is 261 Å². The molecule has 0 aromatic carbocycles. The summed E-state index contributed by atoms with van der Waals surface area (Å²) in [6.07, 6.45) is 5.93. The Morgan fingerprint density at radius 2 is 1.51 bits per heavy atom. The number of cyclic esters (lactones) is 3. The molecule has 0 unspecified atom stereocenters. The quantitative estimate of drug-likeness (QED) is 0.0778. The number of hydrogen-bond acceptors (Lipinski definition) is 11. The zero-order valence-corrected chi connectivity index (χ0v) is 22.2. The summed E-state index contributed by atoms with van der Waals surface area (Å²) >= 11 is 0. The van der Waals surface area contributed by atoms with Gasteiger partial charge in [-0.2, -0.15) is 0 Å². The van der Waals surface area contributed by atoms with Gasteiger partial charge < -0.3 is 40.5 Å². The second-order valence-electron chi connectivity index (χ2n) is 6.99. The molecule has 0 radical (unpaired) electrons. The van der Waals surface area contributed by atoms with Crippen molar-refractivity contribution in [1.29, 1.82) is 0 Å². The number of nitrogens with two attached hydrogens (primary N) is 1. The second-order valence-corrected chi connectivity index (χ2v) is 6.99. The minimum Gasteiger partial charge on any atom is -0.878 e. The first-order valence-corrected chi connectivity index (χ1v) is 10.7. The fourth-order valence-electron chi connectivity index (χ4n) is 2.51. The second kappa shape index (κ2) is 26.8. The number of urea groups is 1. The summed E-state index contributed by atoms with van der Waals surface area (Å²) in [5, 5.41) is 20.5.